The van der Waals surface area contributed by atoms with Crippen LogP contribution in [-0.4, -0.2) is 41.7 Å². The molecule has 0 spiro atoms. The molecule has 0 bridgehead atoms. The summed E-state index contributed by atoms with van der Waals surface area (Å²) >= 11 is 2.07. The number of nitrogens with zero attached hydrogens (tertiary/aromatic N) is 3. The van der Waals surface area contributed by atoms with Crippen LogP contribution in [0.1, 0.15) is 0 Å². The van der Waals surface area contributed by atoms with Crippen LogP contribution in [-0.2, 0) is 16.0 Å². The molecular formula is C7H12IN3O2. The second-order valence-electron chi connectivity index (χ2n) is 2.38. The van der Waals surface area contributed by atoms with Crippen molar-refractivity contribution in [2.45, 2.75) is 6.54 Å². The zero-order valence-electron chi connectivity index (χ0n) is 7.44. The third kappa shape index (κ3) is 4.53. The van der Waals surface area contributed by atoms with Crippen LogP contribution < -0.4 is 0 Å². The van der Waals surface area contributed by atoms with Gasteiger partial charge in [-0.15, -0.1) is 5.10 Å². The molecule has 1 aromatic heterocycles. The van der Waals surface area contributed by atoms with Gasteiger partial charge in [-0.25, -0.2) is 9.67 Å². The lowest BCUT2D eigenvalue weighted by Gasteiger charge is -2.02. The molecule has 0 N–H and O–H groups in total. The van der Waals surface area contributed by atoms with Gasteiger partial charge >= 0.3 is 0 Å². The average molecular weight is 297 g/mol. The van der Waals surface area contributed by atoms with Crippen molar-refractivity contribution in [3.05, 3.63) is 10.2 Å². The number of ether oxygens (including phenoxy) is 2. The first-order valence-electron chi connectivity index (χ1n) is 3.94. The summed E-state index contributed by atoms with van der Waals surface area (Å²) in [5.74, 6) is 0. The van der Waals surface area contributed by atoms with E-state index in [4.69, 9.17) is 9.47 Å². The molecule has 1 rings (SSSR count). The Morgan fingerprint density at radius 3 is 2.92 bits per heavy atom. The first-order chi connectivity index (χ1) is 6.33. The fraction of sp³-hybridized carbons (Fsp3) is 0.714. The lowest BCUT2D eigenvalue weighted by molar-refractivity contribution is 0.0653. The maximum absolute atomic E-state index is 5.27. The van der Waals surface area contributed by atoms with Crippen LogP contribution in [0.3, 0.4) is 0 Å². The Bertz CT molecular complexity index is 241. The highest BCUT2D eigenvalue weighted by atomic mass is 127. The minimum Gasteiger partial charge on any atom is -0.382 e. The summed E-state index contributed by atoms with van der Waals surface area (Å²) < 4.78 is 12.6. The van der Waals surface area contributed by atoms with E-state index in [1.54, 1.807) is 18.1 Å². The maximum Gasteiger partial charge on any atom is 0.211 e. The third-order valence-corrected chi connectivity index (χ3v) is 1.90. The van der Waals surface area contributed by atoms with E-state index < -0.39 is 0 Å². The van der Waals surface area contributed by atoms with Gasteiger partial charge in [-0.3, -0.25) is 0 Å². The van der Waals surface area contributed by atoms with Crippen LogP contribution in [0.15, 0.2) is 6.33 Å². The van der Waals surface area contributed by atoms with Crippen molar-refractivity contribution in [2.75, 3.05) is 26.9 Å². The second-order valence-corrected chi connectivity index (χ2v) is 3.35. The molecular weight excluding hydrogens is 285 g/mol. The molecule has 0 amide bonds. The summed E-state index contributed by atoms with van der Waals surface area (Å²) in [5, 5.41) is 4.11. The fourth-order valence-electron chi connectivity index (χ4n) is 0.782. The van der Waals surface area contributed by atoms with Gasteiger partial charge in [0.25, 0.3) is 0 Å². The van der Waals surface area contributed by atoms with E-state index in [0.717, 1.165) is 10.4 Å². The summed E-state index contributed by atoms with van der Waals surface area (Å²) in [7, 11) is 1.66. The third-order valence-electron chi connectivity index (χ3n) is 1.41. The van der Waals surface area contributed by atoms with Crippen molar-refractivity contribution < 1.29 is 9.47 Å². The number of rotatable bonds is 6. The highest BCUT2D eigenvalue weighted by molar-refractivity contribution is 14.1. The second kappa shape index (κ2) is 6.28. The SMILES string of the molecule is COCCOCCn1cnc(I)n1. The number of methoxy groups -OCH3 is 1. The van der Waals surface area contributed by atoms with Crippen LogP contribution in [0.25, 0.3) is 0 Å². The summed E-state index contributed by atoms with van der Waals surface area (Å²) in [6, 6.07) is 0. The average Bonchev–Trinajstić information content (AvgIpc) is 2.51. The van der Waals surface area contributed by atoms with Crippen molar-refractivity contribution in [2.24, 2.45) is 0 Å². The maximum atomic E-state index is 5.27. The number of halogens is 1. The van der Waals surface area contributed by atoms with Crippen molar-refractivity contribution in [3.8, 4) is 0 Å². The van der Waals surface area contributed by atoms with Crippen LogP contribution in [0.2, 0.25) is 0 Å². The van der Waals surface area contributed by atoms with E-state index in [9.17, 15) is 0 Å². The minimum atomic E-state index is 0.627. The fourth-order valence-corrected chi connectivity index (χ4v) is 1.18. The van der Waals surface area contributed by atoms with Gasteiger partial charge in [0, 0.05) is 29.7 Å². The molecule has 0 aliphatic rings. The Kier molecular flexibility index (Phi) is 5.25. The van der Waals surface area contributed by atoms with Crippen LogP contribution in [0.5, 0.6) is 0 Å². The monoisotopic (exact) mass is 297 g/mol. The zero-order chi connectivity index (χ0) is 9.52. The highest BCUT2D eigenvalue weighted by Crippen LogP contribution is 1.93. The molecule has 0 unspecified atom stereocenters. The predicted molar refractivity (Wildman–Crippen MR) is 55.4 cm³/mol. The molecule has 5 nitrogen and oxygen atoms in total. The van der Waals surface area contributed by atoms with Crippen LogP contribution in [0, 0.1) is 3.83 Å². The van der Waals surface area contributed by atoms with Gasteiger partial charge in [0.1, 0.15) is 6.33 Å². The molecule has 0 saturated heterocycles. The first kappa shape index (κ1) is 10.9. The first-order valence-corrected chi connectivity index (χ1v) is 5.02. The summed E-state index contributed by atoms with van der Waals surface area (Å²) in [5.41, 5.74) is 0. The smallest absolute Gasteiger partial charge is 0.211 e. The van der Waals surface area contributed by atoms with E-state index in [-0.39, 0.29) is 0 Å². The lowest BCUT2D eigenvalue weighted by Crippen LogP contribution is -2.09. The predicted octanol–water partition coefficient (Wildman–Crippen LogP) is 0.546. The lowest BCUT2D eigenvalue weighted by atomic mass is 10.7. The van der Waals surface area contributed by atoms with E-state index >= 15 is 0 Å². The molecule has 6 heteroatoms. The van der Waals surface area contributed by atoms with Gasteiger partial charge in [-0.2, -0.15) is 0 Å². The standard InChI is InChI=1S/C7H12IN3O2/c1-12-4-5-13-3-2-11-6-9-7(8)10-11/h6H,2-5H2,1H3. The Labute approximate surface area is 90.6 Å². The van der Waals surface area contributed by atoms with Gasteiger partial charge < -0.3 is 9.47 Å². The largest absolute Gasteiger partial charge is 0.382 e. The van der Waals surface area contributed by atoms with E-state index in [0.29, 0.717) is 19.8 Å². The quantitative estimate of drug-likeness (QED) is 0.568. The van der Waals surface area contributed by atoms with Gasteiger partial charge in [0.05, 0.1) is 26.4 Å². The Balaban J connectivity index is 2.06. The van der Waals surface area contributed by atoms with Gasteiger partial charge in [-0.05, 0) is 0 Å². The van der Waals surface area contributed by atoms with Gasteiger partial charge in [0.15, 0.2) is 0 Å². The Hall–Kier alpha value is -0.210. The number of aromatic nitrogens is 3. The van der Waals surface area contributed by atoms with Gasteiger partial charge in [-0.1, -0.05) is 0 Å². The molecule has 1 heterocycles. The highest BCUT2D eigenvalue weighted by Gasteiger charge is 1.95. The molecule has 0 atom stereocenters. The van der Waals surface area contributed by atoms with E-state index in [2.05, 4.69) is 32.7 Å². The summed E-state index contributed by atoms with van der Waals surface area (Å²) in [6.45, 7) is 2.64. The number of hydrogen-bond acceptors (Lipinski definition) is 4. The van der Waals surface area contributed by atoms with E-state index in [1.807, 2.05) is 0 Å². The van der Waals surface area contributed by atoms with Crippen molar-refractivity contribution >= 4 is 22.6 Å². The molecule has 1 aromatic rings. The molecule has 0 aliphatic heterocycles. The topological polar surface area (TPSA) is 49.2 Å². The normalized spacial score (nSPS) is 10.6. The Morgan fingerprint density at radius 2 is 2.31 bits per heavy atom. The molecule has 0 fully saturated rings. The molecule has 0 aromatic carbocycles. The Morgan fingerprint density at radius 1 is 1.46 bits per heavy atom. The summed E-state index contributed by atoms with van der Waals surface area (Å²) in [6.07, 6.45) is 1.70. The van der Waals surface area contributed by atoms with Crippen molar-refractivity contribution in [1.82, 2.24) is 14.8 Å². The molecule has 0 aliphatic carbocycles. The minimum absolute atomic E-state index is 0.627. The number of hydrogen-bond donors (Lipinski definition) is 0. The van der Waals surface area contributed by atoms with Crippen LogP contribution >= 0.6 is 22.6 Å². The molecule has 74 valence electrons. The molecule has 13 heavy (non-hydrogen) atoms. The molecule has 0 saturated carbocycles. The van der Waals surface area contributed by atoms with Crippen LogP contribution in [0.4, 0.5) is 0 Å². The molecule has 0 radical (unpaired) electrons. The van der Waals surface area contributed by atoms with Crippen molar-refractivity contribution in [1.29, 1.82) is 0 Å². The van der Waals surface area contributed by atoms with Gasteiger partial charge in [0.2, 0.25) is 3.83 Å². The van der Waals surface area contributed by atoms with Crippen molar-refractivity contribution in [3.63, 3.8) is 0 Å². The van der Waals surface area contributed by atoms with E-state index in [1.165, 1.54) is 0 Å². The zero-order valence-corrected chi connectivity index (χ0v) is 9.60. The summed E-state index contributed by atoms with van der Waals surface area (Å²) in [4.78, 5) is 3.99.